The van der Waals surface area contributed by atoms with Gasteiger partial charge in [-0.15, -0.1) is 0 Å². The van der Waals surface area contributed by atoms with Crippen molar-refractivity contribution in [2.45, 2.75) is 19.5 Å². The van der Waals surface area contributed by atoms with Crippen molar-refractivity contribution in [3.8, 4) is 0 Å². The molecule has 1 unspecified atom stereocenters. The number of furan rings is 1. The summed E-state index contributed by atoms with van der Waals surface area (Å²) in [5.41, 5.74) is 0. The predicted octanol–water partition coefficient (Wildman–Crippen LogP) is 0.908. The third kappa shape index (κ3) is 3.25. The number of rotatable bonds is 3. The maximum Gasteiger partial charge on any atom is 0.371 e. The Bertz CT molecular complexity index is 470. The van der Waals surface area contributed by atoms with Gasteiger partial charge in [-0.05, 0) is 19.1 Å². The van der Waals surface area contributed by atoms with E-state index < -0.39 is 5.97 Å². The van der Waals surface area contributed by atoms with Crippen molar-refractivity contribution in [2.75, 3.05) is 19.8 Å². The van der Waals surface area contributed by atoms with Gasteiger partial charge < -0.3 is 24.5 Å². The van der Waals surface area contributed by atoms with E-state index in [0.29, 0.717) is 25.5 Å². The van der Waals surface area contributed by atoms with E-state index in [-0.39, 0.29) is 24.4 Å². The first-order valence-corrected chi connectivity index (χ1v) is 6.02. The van der Waals surface area contributed by atoms with Crippen molar-refractivity contribution in [1.29, 1.82) is 0 Å². The third-order valence-electron chi connectivity index (χ3n) is 2.91. The molecule has 0 aromatic carbocycles. The number of carboxylic acids is 1. The van der Waals surface area contributed by atoms with E-state index in [2.05, 4.69) is 5.32 Å². The van der Waals surface area contributed by atoms with Gasteiger partial charge in [0.1, 0.15) is 5.76 Å². The number of aromatic carboxylic acids is 1. The molecule has 2 rings (SSSR count). The van der Waals surface area contributed by atoms with E-state index in [0.717, 1.165) is 0 Å². The summed E-state index contributed by atoms with van der Waals surface area (Å²) in [7, 11) is 0. The van der Waals surface area contributed by atoms with Crippen LogP contribution in [0.2, 0.25) is 0 Å². The Morgan fingerprint density at radius 3 is 2.95 bits per heavy atom. The molecule has 104 valence electrons. The number of carboxylic acid groups (broad SMARTS) is 1. The molecule has 7 nitrogen and oxygen atoms in total. The summed E-state index contributed by atoms with van der Waals surface area (Å²) in [6.07, 6.45) is 0. The highest BCUT2D eigenvalue weighted by molar-refractivity contribution is 5.84. The molecule has 1 aromatic heterocycles. The highest BCUT2D eigenvalue weighted by atomic mass is 16.5. The van der Waals surface area contributed by atoms with E-state index in [4.69, 9.17) is 14.3 Å². The van der Waals surface area contributed by atoms with Crippen LogP contribution >= 0.6 is 0 Å². The van der Waals surface area contributed by atoms with Crippen LogP contribution in [0.4, 0.5) is 4.79 Å². The van der Waals surface area contributed by atoms with Crippen molar-refractivity contribution in [2.24, 2.45) is 0 Å². The first kappa shape index (κ1) is 13.4. The summed E-state index contributed by atoms with van der Waals surface area (Å²) < 4.78 is 10.3. The van der Waals surface area contributed by atoms with Crippen molar-refractivity contribution in [3.63, 3.8) is 0 Å². The second kappa shape index (κ2) is 5.75. The molecule has 1 fully saturated rings. The fourth-order valence-electron chi connectivity index (χ4n) is 1.88. The third-order valence-corrected chi connectivity index (χ3v) is 2.91. The van der Waals surface area contributed by atoms with Crippen molar-refractivity contribution < 1.29 is 23.8 Å². The second-order valence-corrected chi connectivity index (χ2v) is 4.35. The maximum atomic E-state index is 11.9. The van der Waals surface area contributed by atoms with Crippen molar-refractivity contribution in [3.05, 3.63) is 23.7 Å². The zero-order chi connectivity index (χ0) is 13.8. The first-order valence-electron chi connectivity index (χ1n) is 6.02. The number of hydrogen-bond donors (Lipinski definition) is 2. The molecule has 2 amide bonds. The summed E-state index contributed by atoms with van der Waals surface area (Å²) in [6.45, 7) is 3.68. The maximum absolute atomic E-state index is 11.9. The van der Waals surface area contributed by atoms with Gasteiger partial charge in [-0.25, -0.2) is 9.59 Å². The lowest BCUT2D eigenvalue weighted by atomic mass is 10.3. The van der Waals surface area contributed by atoms with Gasteiger partial charge in [0.2, 0.25) is 5.76 Å². The molecule has 1 saturated heterocycles. The van der Waals surface area contributed by atoms with Gasteiger partial charge in [0.05, 0.1) is 25.8 Å². The van der Waals surface area contributed by atoms with E-state index >= 15 is 0 Å². The number of amides is 2. The van der Waals surface area contributed by atoms with Crippen LogP contribution in [0.3, 0.4) is 0 Å². The van der Waals surface area contributed by atoms with Crippen molar-refractivity contribution in [1.82, 2.24) is 10.2 Å². The lowest BCUT2D eigenvalue weighted by Crippen LogP contribution is -2.51. The van der Waals surface area contributed by atoms with Crippen LogP contribution < -0.4 is 5.32 Å². The SMILES string of the molecule is CC1COCCN1C(=O)NCc1ccc(C(=O)O)o1. The molecule has 0 radical (unpaired) electrons. The van der Waals surface area contributed by atoms with E-state index in [1.807, 2.05) is 6.92 Å². The molecule has 7 heteroatoms. The minimum Gasteiger partial charge on any atom is -0.475 e. The highest BCUT2D eigenvalue weighted by Gasteiger charge is 2.23. The van der Waals surface area contributed by atoms with Gasteiger partial charge >= 0.3 is 12.0 Å². The molecule has 0 aliphatic carbocycles. The van der Waals surface area contributed by atoms with Crippen LogP contribution in [-0.2, 0) is 11.3 Å². The number of ether oxygens (including phenoxy) is 1. The van der Waals surface area contributed by atoms with Crippen LogP contribution in [0.1, 0.15) is 23.2 Å². The van der Waals surface area contributed by atoms with Gasteiger partial charge in [-0.2, -0.15) is 0 Å². The van der Waals surface area contributed by atoms with E-state index in [1.165, 1.54) is 12.1 Å². The summed E-state index contributed by atoms with van der Waals surface area (Å²) >= 11 is 0. The van der Waals surface area contributed by atoms with Gasteiger partial charge in [0.15, 0.2) is 0 Å². The van der Waals surface area contributed by atoms with Crippen LogP contribution in [0.25, 0.3) is 0 Å². The Hall–Kier alpha value is -2.02. The fourth-order valence-corrected chi connectivity index (χ4v) is 1.88. The summed E-state index contributed by atoms with van der Waals surface area (Å²) in [4.78, 5) is 24.2. The number of carbonyl (C=O) groups excluding carboxylic acids is 1. The Labute approximate surface area is 110 Å². The Balaban J connectivity index is 1.87. The largest absolute Gasteiger partial charge is 0.475 e. The van der Waals surface area contributed by atoms with Crippen LogP contribution in [-0.4, -0.2) is 47.8 Å². The minimum absolute atomic E-state index is 0.0277. The molecule has 19 heavy (non-hydrogen) atoms. The van der Waals surface area contributed by atoms with Crippen LogP contribution in [0.5, 0.6) is 0 Å². The molecule has 2 heterocycles. The topological polar surface area (TPSA) is 92.0 Å². The summed E-state index contributed by atoms with van der Waals surface area (Å²) in [6, 6.07) is 2.72. The number of carbonyl (C=O) groups is 2. The molecule has 2 N–H and O–H groups in total. The van der Waals surface area contributed by atoms with E-state index in [9.17, 15) is 9.59 Å². The zero-order valence-corrected chi connectivity index (χ0v) is 10.6. The fraction of sp³-hybridized carbons (Fsp3) is 0.500. The van der Waals surface area contributed by atoms with Gasteiger partial charge in [-0.1, -0.05) is 0 Å². The van der Waals surface area contributed by atoms with Gasteiger partial charge in [0.25, 0.3) is 0 Å². The Morgan fingerprint density at radius 2 is 2.32 bits per heavy atom. The number of nitrogens with one attached hydrogen (secondary N) is 1. The molecule has 1 aromatic rings. The summed E-state index contributed by atoms with van der Waals surface area (Å²) in [5.74, 6) is -0.852. The molecular formula is C12H16N2O5. The average molecular weight is 268 g/mol. The molecule has 1 aliphatic heterocycles. The normalized spacial score (nSPS) is 19.2. The molecule has 0 saturated carbocycles. The Morgan fingerprint density at radius 1 is 1.53 bits per heavy atom. The molecule has 0 bridgehead atoms. The second-order valence-electron chi connectivity index (χ2n) is 4.35. The Kier molecular flexibility index (Phi) is 4.06. The zero-order valence-electron chi connectivity index (χ0n) is 10.6. The average Bonchev–Trinajstić information content (AvgIpc) is 2.85. The number of urea groups is 1. The van der Waals surface area contributed by atoms with E-state index in [1.54, 1.807) is 4.90 Å². The quantitative estimate of drug-likeness (QED) is 0.850. The van der Waals surface area contributed by atoms with Crippen molar-refractivity contribution >= 4 is 12.0 Å². The minimum atomic E-state index is -1.13. The van der Waals surface area contributed by atoms with Crippen LogP contribution in [0.15, 0.2) is 16.5 Å². The predicted molar refractivity (Wildman–Crippen MR) is 64.9 cm³/mol. The standard InChI is InChI=1S/C12H16N2O5/c1-8-7-18-5-4-14(8)12(17)13-6-9-2-3-10(19-9)11(15)16/h2-3,8H,4-7H2,1H3,(H,13,17)(H,15,16). The molecule has 1 atom stereocenters. The smallest absolute Gasteiger partial charge is 0.371 e. The monoisotopic (exact) mass is 268 g/mol. The number of morpholine rings is 1. The highest BCUT2D eigenvalue weighted by Crippen LogP contribution is 2.09. The van der Waals surface area contributed by atoms with Gasteiger partial charge in [0, 0.05) is 6.54 Å². The number of nitrogens with zero attached hydrogens (tertiary/aromatic N) is 1. The summed E-state index contributed by atoms with van der Waals surface area (Å²) in [5, 5.41) is 11.4. The lowest BCUT2D eigenvalue weighted by Gasteiger charge is -2.33. The molecular weight excluding hydrogens is 252 g/mol. The van der Waals surface area contributed by atoms with Crippen LogP contribution in [0, 0.1) is 0 Å². The molecule has 1 aliphatic rings. The lowest BCUT2D eigenvalue weighted by molar-refractivity contribution is 0.0189. The first-order chi connectivity index (χ1) is 9.08. The number of hydrogen-bond acceptors (Lipinski definition) is 4. The molecule has 0 spiro atoms. The van der Waals surface area contributed by atoms with Gasteiger partial charge in [-0.3, -0.25) is 0 Å².